The molecule has 1 heterocycles. The maximum absolute atomic E-state index is 12.9. The van der Waals surface area contributed by atoms with Crippen LogP contribution in [0.5, 0.6) is 0 Å². The first kappa shape index (κ1) is 15.6. The minimum Gasteiger partial charge on any atom is -0.316 e. The number of sulfonamides is 1. The molecule has 114 valence electrons. The van der Waals surface area contributed by atoms with E-state index in [1.54, 1.807) is 19.2 Å². The van der Waals surface area contributed by atoms with Crippen molar-refractivity contribution in [1.82, 2.24) is 19.8 Å². The lowest BCUT2D eigenvalue weighted by Gasteiger charge is -2.17. The Morgan fingerprint density at radius 1 is 1.33 bits per heavy atom. The van der Waals surface area contributed by atoms with Gasteiger partial charge in [-0.3, -0.25) is 5.10 Å². The summed E-state index contributed by atoms with van der Waals surface area (Å²) in [5, 5.41) is 9.28. The number of hydrogen-bond acceptors (Lipinski definition) is 4. The molecule has 0 spiro atoms. The van der Waals surface area contributed by atoms with E-state index in [1.165, 1.54) is 29.7 Å². The predicted molar refractivity (Wildman–Crippen MR) is 76.4 cm³/mol. The van der Waals surface area contributed by atoms with E-state index in [0.29, 0.717) is 17.7 Å². The summed E-state index contributed by atoms with van der Waals surface area (Å²) in [4.78, 5) is 0. The van der Waals surface area contributed by atoms with Gasteiger partial charge < -0.3 is 5.32 Å². The maximum Gasteiger partial charge on any atom is 0.260 e. The molecule has 8 heteroatoms. The van der Waals surface area contributed by atoms with Crippen LogP contribution in [0.15, 0.2) is 35.5 Å². The molecule has 0 radical (unpaired) electrons. The number of aromatic amines is 1. The smallest absolute Gasteiger partial charge is 0.260 e. The molecule has 0 fully saturated rings. The van der Waals surface area contributed by atoms with E-state index in [1.807, 2.05) is 0 Å². The van der Waals surface area contributed by atoms with Gasteiger partial charge >= 0.3 is 0 Å². The van der Waals surface area contributed by atoms with E-state index in [0.717, 1.165) is 0 Å². The number of nitrogens with zero attached hydrogens (tertiary/aromatic N) is 2. The van der Waals surface area contributed by atoms with Crippen LogP contribution in [0, 0.1) is 5.82 Å². The summed E-state index contributed by atoms with van der Waals surface area (Å²) in [6.45, 7) is 0.552. The summed E-state index contributed by atoms with van der Waals surface area (Å²) in [7, 11) is -0.473. The Labute approximate surface area is 123 Å². The van der Waals surface area contributed by atoms with Crippen LogP contribution in [0.2, 0.25) is 0 Å². The number of benzene rings is 1. The monoisotopic (exact) mass is 312 g/mol. The summed E-state index contributed by atoms with van der Waals surface area (Å²) in [6, 6.07) is 5.72. The first-order valence-electron chi connectivity index (χ1n) is 6.32. The molecule has 0 bridgehead atoms. The highest BCUT2D eigenvalue weighted by Gasteiger charge is 2.25. The molecule has 0 amide bonds. The standard InChI is InChI=1S/C13H17FN4O2S/c1-15-7-11-8-16-17-13(11)21(19,20)18(2)9-10-3-5-12(14)6-4-10/h3-6,8,15H,7,9H2,1-2H3,(H,16,17). The third-order valence-corrected chi connectivity index (χ3v) is 4.85. The predicted octanol–water partition coefficient (Wildman–Crippen LogP) is 1.09. The molecule has 0 aliphatic heterocycles. The molecule has 2 aromatic rings. The van der Waals surface area contributed by atoms with E-state index < -0.39 is 10.0 Å². The summed E-state index contributed by atoms with van der Waals surface area (Å²) >= 11 is 0. The highest BCUT2D eigenvalue weighted by Crippen LogP contribution is 2.18. The van der Waals surface area contributed by atoms with Gasteiger partial charge in [-0.1, -0.05) is 12.1 Å². The van der Waals surface area contributed by atoms with Crippen molar-refractivity contribution in [2.24, 2.45) is 0 Å². The molecule has 0 unspecified atom stereocenters. The molecule has 0 saturated carbocycles. The number of aromatic nitrogens is 2. The van der Waals surface area contributed by atoms with E-state index in [2.05, 4.69) is 15.5 Å². The van der Waals surface area contributed by atoms with E-state index in [9.17, 15) is 12.8 Å². The third-order valence-electron chi connectivity index (χ3n) is 3.03. The first-order valence-corrected chi connectivity index (χ1v) is 7.77. The Morgan fingerprint density at radius 3 is 2.62 bits per heavy atom. The molecule has 2 N–H and O–H groups in total. The van der Waals surface area contributed by atoms with Gasteiger partial charge in [0.1, 0.15) is 5.82 Å². The Balaban J connectivity index is 2.22. The van der Waals surface area contributed by atoms with Crippen molar-refractivity contribution < 1.29 is 12.8 Å². The lowest BCUT2D eigenvalue weighted by atomic mass is 10.2. The van der Waals surface area contributed by atoms with Crippen LogP contribution >= 0.6 is 0 Å². The van der Waals surface area contributed by atoms with Gasteiger partial charge in [0.2, 0.25) is 0 Å². The van der Waals surface area contributed by atoms with Gasteiger partial charge in [-0.05, 0) is 24.7 Å². The number of rotatable bonds is 6. The first-order chi connectivity index (χ1) is 9.95. The second kappa shape index (κ2) is 6.33. The van der Waals surface area contributed by atoms with Crippen molar-refractivity contribution in [1.29, 1.82) is 0 Å². The van der Waals surface area contributed by atoms with Crippen molar-refractivity contribution in [2.75, 3.05) is 14.1 Å². The zero-order valence-electron chi connectivity index (χ0n) is 11.8. The van der Waals surface area contributed by atoms with Gasteiger partial charge in [-0.15, -0.1) is 0 Å². The van der Waals surface area contributed by atoms with E-state index >= 15 is 0 Å². The third kappa shape index (κ3) is 3.46. The van der Waals surface area contributed by atoms with Crippen molar-refractivity contribution in [3.63, 3.8) is 0 Å². The lowest BCUT2D eigenvalue weighted by molar-refractivity contribution is 0.462. The molecule has 0 aliphatic rings. The van der Waals surface area contributed by atoms with Gasteiger partial charge in [-0.25, -0.2) is 12.8 Å². The highest BCUT2D eigenvalue weighted by molar-refractivity contribution is 7.89. The summed E-state index contributed by atoms with van der Waals surface area (Å²) in [6.07, 6.45) is 1.48. The number of nitrogens with one attached hydrogen (secondary N) is 2. The van der Waals surface area contributed by atoms with Gasteiger partial charge in [-0.2, -0.15) is 9.40 Å². The fourth-order valence-corrected chi connectivity index (χ4v) is 3.18. The van der Waals surface area contributed by atoms with Gasteiger partial charge in [0.05, 0.1) is 6.20 Å². The van der Waals surface area contributed by atoms with Crippen LogP contribution in [0.1, 0.15) is 11.1 Å². The van der Waals surface area contributed by atoms with Crippen LogP contribution in [0.3, 0.4) is 0 Å². The molecule has 2 rings (SSSR count). The molecule has 1 aromatic heterocycles. The molecular formula is C13H17FN4O2S. The largest absolute Gasteiger partial charge is 0.316 e. The minimum absolute atomic E-state index is 0.0708. The Kier molecular flexibility index (Phi) is 4.71. The summed E-state index contributed by atoms with van der Waals surface area (Å²) in [5.74, 6) is -0.353. The fraction of sp³-hybridized carbons (Fsp3) is 0.308. The quantitative estimate of drug-likeness (QED) is 0.837. The van der Waals surface area contributed by atoms with Crippen LogP contribution in [0.25, 0.3) is 0 Å². The van der Waals surface area contributed by atoms with Crippen molar-refractivity contribution in [2.45, 2.75) is 18.1 Å². The molecule has 0 atom stereocenters. The van der Waals surface area contributed by atoms with Crippen molar-refractivity contribution in [3.05, 3.63) is 47.4 Å². The van der Waals surface area contributed by atoms with E-state index in [4.69, 9.17) is 0 Å². The van der Waals surface area contributed by atoms with Crippen molar-refractivity contribution >= 4 is 10.0 Å². The Bertz CT molecular complexity index is 697. The van der Waals surface area contributed by atoms with Crippen molar-refractivity contribution in [3.8, 4) is 0 Å². The summed E-state index contributed by atoms with van der Waals surface area (Å²) in [5.41, 5.74) is 1.28. The molecule has 1 aromatic carbocycles. The van der Waals surface area contributed by atoms with Crippen LogP contribution < -0.4 is 5.32 Å². The highest BCUT2D eigenvalue weighted by atomic mass is 32.2. The molecule has 21 heavy (non-hydrogen) atoms. The second-order valence-corrected chi connectivity index (χ2v) is 6.62. The number of halogens is 1. The minimum atomic E-state index is -3.68. The molecule has 0 aliphatic carbocycles. The van der Waals surface area contributed by atoms with Gasteiger partial charge in [0, 0.05) is 25.7 Å². The second-order valence-electron chi connectivity index (χ2n) is 4.64. The Hall–Kier alpha value is -1.77. The zero-order chi connectivity index (χ0) is 15.5. The topological polar surface area (TPSA) is 78.1 Å². The SMILES string of the molecule is CNCc1cn[nH]c1S(=O)(=O)N(C)Cc1ccc(F)cc1. The van der Waals surface area contributed by atoms with Crippen LogP contribution in [-0.2, 0) is 23.1 Å². The normalized spacial score (nSPS) is 12.0. The van der Waals surface area contributed by atoms with E-state index in [-0.39, 0.29) is 17.4 Å². The van der Waals surface area contributed by atoms with Gasteiger partial charge in [0.15, 0.2) is 5.03 Å². The van der Waals surface area contributed by atoms with Crippen LogP contribution in [0.4, 0.5) is 4.39 Å². The fourth-order valence-electron chi connectivity index (χ4n) is 1.93. The molecule has 0 saturated heterocycles. The number of hydrogen-bond donors (Lipinski definition) is 2. The summed E-state index contributed by atoms with van der Waals surface area (Å²) < 4.78 is 39.1. The lowest BCUT2D eigenvalue weighted by Crippen LogP contribution is -2.28. The average molecular weight is 312 g/mol. The zero-order valence-corrected chi connectivity index (χ0v) is 12.6. The molecule has 6 nitrogen and oxygen atoms in total. The number of H-pyrrole nitrogens is 1. The Morgan fingerprint density at radius 2 is 2.00 bits per heavy atom. The van der Waals surface area contributed by atoms with Crippen LogP contribution in [-0.4, -0.2) is 37.0 Å². The maximum atomic E-state index is 12.9. The van der Waals surface area contributed by atoms with Gasteiger partial charge in [0.25, 0.3) is 10.0 Å². The average Bonchev–Trinajstić information content (AvgIpc) is 2.90. The molecular weight excluding hydrogens is 295 g/mol.